The first-order valence-electron chi connectivity index (χ1n) is 6.29. The zero-order valence-electron chi connectivity index (χ0n) is 11.9. The summed E-state index contributed by atoms with van der Waals surface area (Å²) >= 11 is 0. The average Bonchev–Trinajstić information content (AvgIpc) is 2.45. The molecule has 0 atom stereocenters. The van der Waals surface area contributed by atoms with Crippen LogP contribution >= 0.6 is 0 Å². The van der Waals surface area contributed by atoms with E-state index in [4.69, 9.17) is 9.84 Å². The molecule has 0 radical (unpaired) electrons. The summed E-state index contributed by atoms with van der Waals surface area (Å²) in [6.45, 7) is 4.05. The summed E-state index contributed by atoms with van der Waals surface area (Å²) in [5, 5.41) is 8.70. The van der Waals surface area contributed by atoms with Crippen molar-refractivity contribution in [3.63, 3.8) is 0 Å². The summed E-state index contributed by atoms with van der Waals surface area (Å²) in [6.07, 6.45) is 0. The minimum absolute atomic E-state index is 0.0911. The maximum absolute atomic E-state index is 12.5. The predicted octanol–water partition coefficient (Wildman–Crippen LogP) is 1.07. The van der Waals surface area contributed by atoms with Gasteiger partial charge < -0.3 is 9.84 Å². The Bertz CT molecular complexity index is 610. The molecule has 0 aliphatic heterocycles. The number of sulfonamides is 1. The van der Waals surface area contributed by atoms with Crippen molar-refractivity contribution in [3.05, 3.63) is 23.8 Å². The fraction of sp³-hybridized carbons (Fsp3) is 0.429. The van der Waals surface area contributed by atoms with Gasteiger partial charge in [0.1, 0.15) is 17.3 Å². The highest BCUT2D eigenvalue weighted by Gasteiger charge is 2.25. The number of methoxy groups -OCH3 is 1. The molecular weight excluding hydrogens is 278 g/mol. The van der Waals surface area contributed by atoms with E-state index in [-0.39, 0.29) is 17.3 Å². The zero-order valence-corrected chi connectivity index (χ0v) is 12.7. The summed E-state index contributed by atoms with van der Waals surface area (Å²) in [5.41, 5.74) is 0.519. The van der Waals surface area contributed by atoms with Crippen molar-refractivity contribution >= 4 is 10.0 Å². The first-order valence-corrected chi connectivity index (χ1v) is 7.73. The van der Waals surface area contributed by atoms with Gasteiger partial charge >= 0.3 is 0 Å². The Balaban J connectivity index is 3.40. The topological polar surface area (TPSA) is 66.8 Å². The molecule has 5 nitrogen and oxygen atoms in total. The normalized spacial score (nSPS) is 11.1. The monoisotopic (exact) mass is 297 g/mol. The molecule has 0 aliphatic rings. The molecule has 0 amide bonds. The molecule has 1 aromatic carbocycles. The molecule has 20 heavy (non-hydrogen) atoms. The molecule has 0 aliphatic carbocycles. The Labute approximate surface area is 120 Å². The van der Waals surface area contributed by atoms with E-state index in [1.54, 1.807) is 26.0 Å². The lowest BCUT2D eigenvalue weighted by Gasteiger charge is -2.20. The van der Waals surface area contributed by atoms with Gasteiger partial charge in [0.15, 0.2) is 0 Å². The minimum atomic E-state index is -3.61. The van der Waals surface area contributed by atoms with Gasteiger partial charge in [-0.3, -0.25) is 0 Å². The van der Waals surface area contributed by atoms with Crippen molar-refractivity contribution in [2.24, 2.45) is 0 Å². The van der Waals surface area contributed by atoms with Gasteiger partial charge in [-0.2, -0.15) is 4.31 Å². The highest BCUT2D eigenvalue weighted by Crippen LogP contribution is 2.27. The van der Waals surface area contributed by atoms with Crippen LogP contribution in [0.15, 0.2) is 23.1 Å². The van der Waals surface area contributed by atoms with Gasteiger partial charge in [-0.25, -0.2) is 8.42 Å². The molecule has 0 saturated carbocycles. The van der Waals surface area contributed by atoms with Crippen LogP contribution in [0.2, 0.25) is 0 Å². The number of aliphatic hydroxyl groups is 1. The molecule has 1 rings (SSSR count). The van der Waals surface area contributed by atoms with Crippen LogP contribution in [-0.2, 0) is 10.0 Å². The number of benzene rings is 1. The molecule has 110 valence electrons. The fourth-order valence-electron chi connectivity index (χ4n) is 1.80. The number of hydrogen-bond acceptors (Lipinski definition) is 4. The smallest absolute Gasteiger partial charge is 0.246 e. The van der Waals surface area contributed by atoms with Gasteiger partial charge in [0.05, 0.1) is 7.11 Å². The SMILES string of the molecule is CCN(CC)S(=O)(=O)c1cc(C#CCO)ccc1OC. The number of hydrogen-bond donors (Lipinski definition) is 1. The quantitative estimate of drug-likeness (QED) is 0.826. The highest BCUT2D eigenvalue weighted by molar-refractivity contribution is 7.89. The van der Waals surface area contributed by atoms with Crippen molar-refractivity contribution in [3.8, 4) is 17.6 Å². The van der Waals surface area contributed by atoms with Crippen LogP contribution in [-0.4, -0.2) is 44.6 Å². The first-order chi connectivity index (χ1) is 9.51. The standard InChI is InChI=1S/C14H19NO4S/c1-4-15(5-2)20(17,18)14-11-12(7-6-10-16)8-9-13(14)19-3/h8-9,11,16H,4-5,10H2,1-3H3. The van der Waals surface area contributed by atoms with Crippen LogP contribution in [0, 0.1) is 11.8 Å². The van der Waals surface area contributed by atoms with Crippen molar-refractivity contribution in [1.29, 1.82) is 0 Å². The minimum Gasteiger partial charge on any atom is -0.495 e. The summed E-state index contributed by atoms with van der Waals surface area (Å²) in [7, 11) is -2.19. The van der Waals surface area contributed by atoms with Crippen LogP contribution in [0.5, 0.6) is 5.75 Å². The van der Waals surface area contributed by atoms with Crippen LogP contribution in [0.3, 0.4) is 0 Å². The molecule has 1 N–H and O–H groups in total. The Hall–Kier alpha value is -1.55. The second-order valence-electron chi connectivity index (χ2n) is 3.91. The fourth-order valence-corrected chi connectivity index (χ4v) is 3.44. The first kappa shape index (κ1) is 16.5. The van der Waals surface area contributed by atoms with Crippen LogP contribution in [0.1, 0.15) is 19.4 Å². The van der Waals surface area contributed by atoms with Gasteiger partial charge in [-0.1, -0.05) is 25.7 Å². The third-order valence-electron chi connectivity index (χ3n) is 2.80. The van der Waals surface area contributed by atoms with E-state index >= 15 is 0 Å². The van der Waals surface area contributed by atoms with E-state index in [2.05, 4.69) is 11.8 Å². The Morgan fingerprint density at radius 1 is 1.30 bits per heavy atom. The van der Waals surface area contributed by atoms with Crippen molar-refractivity contribution in [2.45, 2.75) is 18.7 Å². The maximum atomic E-state index is 12.5. The largest absolute Gasteiger partial charge is 0.495 e. The van der Waals surface area contributed by atoms with Crippen molar-refractivity contribution in [1.82, 2.24) is 4.31 Å². The molecule has 0 heterocycles. The maximum Gasteiger partial charge on any atom is 0.246 e. The van der Waals surface area contributed by atoms with Gasteiger partial charge in [0.25, 0.3) is 0 Å². The second-order valence-corrected chi connectivity index (χ2v) is 5.82. The number of nitrogens with zero attached hydrogens (tertiary/aromatic N) is 1. The van der Waals surface area contributed by atoms with Gasteiger partial charge in [-0.15, -0.1) is 0 Å². The van der Waals surface area contributed by atoms with E-state index in [0.29, 0.717) is 18.7 Å². The molecular formula is C14H19NO4S. The van der Waals surface area contributed by atoms with Crippen molar-refractivity contribution in [2.75, 3.05) is 26.8 Å². The third-order valence-corrected chi connectivity index (χ3v) is 4.87. The highest BCUT2D eigenvalue weighted by atomic mass is 32.2. The molecule has 0 spiro atoms. The average molecular weight is 297 g/mol. The predicted molar refractivity (Wildman–Crippen MR) is 77.1 cm³/mol. The summed E-state index contributed by atoms with van der Waals surface area (Å²) in [4.78, 5) is 0.0911. The number of ether oxygens (including phenoxy) is 1. The Morgan fingerprint density at radius 2 is 1.95 bits per heavy atom. The van der Waals surface area contributed by atoms with Gasteiger partial charge in [0, 0.05) is 18.7 Å². The van der Waals surface area contributed by atoms with Gasteiger partial charge in [-0.05, 0) is 18.2 Å². The summed E-state index contributed by atoms with van der Waals surface area (Å²) in [6, 6.07) is 4.69. The Morgan fingerprint density at radius 3 is 2.45 bits per heavy atom. The summed E-state index contributed by atoms with van der Waals surface area (Å²) < 4.78 is 31.6. The van der Waals surface area contributed by atoms with Crippen LogP contribution in [0.4, 0.5) is 0 Å². The lowest BCUT2D eigenvalue weighted by Crippen LogP contribution is -2.30. The summed E-state index contributed by atoms with van der Waals surface area (Å²) in [5.74, 6) is 5.47. The third kappa shape index (κ3) is 3.51. The van der Waals surface area contributed by atoms with Crippen LogP contribution in [0.25, 0.3) is 0 Å². The molecule has 1 aromatic rings. The number of aliphatic hydroxyl groups excluding tert-OH is 1. The van der Waals surface area contributed by atoms with Crippen LogP contribution < -0.4 is 4.74 Å². The van der Waals surface area contributed by atoms with E-state index in [1.165, 1.54) is 17.5 Å². The molecule has 6 heteroatoms. The molecule has 0 unspecified atom stereocenters. The second kappa shape index (κ2) is 7.29. The van der Waals surface area contributed by atoms with E-state index in [9.17, 15) is 8.42 Å². The zero-order chi connectivity index (χ0) is 15.2. The van der Waals surface area contributed by atoms with E-state index in [1.807, 2.05) is 0 Å². The Kier molecular flexibility index (Phi) is 6.02. The lowest BCUT2D eigenvalue weighted by molar-refractivity contribution is 0.350. The van der Waals surface area contributed by atoms with E-state index in [0.717, 1.165) is 0 Å². The van der Waals surface area contributed by atoms with Crippen molar-refractivity contribution < 1.29 is 18.3 Å². The molecule has 0 fully saturated rings. The molecule has 0 bridgehead atoms. The number of rotatable bonds is 5. The lowest BCUT2D eigenvalue weighted by atomic mass is 10.2. The molecule has 0 aromatic heterocycles. The van der Waals surface area contributed by atoms with Gasteiger partial charge in [0.2, 0.25) is 10.0 Å². The molecule has 0 saturated heterocycles. The van der Waals surface area contributed by atoms with E-state index < -0.39 is 10.0 Å².